The van der Waals surface area contributed by atoms with Crippen LogP contribution in [-0.4, -0.2) is 16.9 Å². The molecule has 0 aromatic carbocycles. The maximum Gasteiger partial charge on any atom is 0.251 e. The van der Waals surface area contributed by atoms with Gasteiger partial charge in [0.1, 0.15) is 5.82 Å². The second-order valence-corrected chi connectivity index (χ2v) is 4.64. The number of rotatable bonds is 4. The van der Waals surface area contributed by atoms with Crippen LogP contribution in [0, 0.1) is 0 Å². The number of hydrogen-bond donors (Lipinski definition) is 2. The molecular weight excluding hydrogens is 214 g/mol. The van der Waals surface area contributed by atoms with Crippen LogP contribution in [0.15, 0.2) is 12.1 Å². The van der Waals surface area contributed by atoms with Crippen LogP contribution in [0.1, 0.15) is 56.1 Å². The van der Waals surface area contributed by atoms with E-state index in [0.29, 0.717) is 11.4 Å². The predicted octanol–water partition coefficient (Wildman–Crippen LogP) is 2.32. The molecule has 4 nitrogen and oxygen atoms in total. The van der Waals surface area contributed by atoms with Gasteiger partial charge in [-0.05, 0) is 31.4 Å². The van der Waals surface area contributed by atoms with Crippen LogP contribution in [0.3, 0.4) is 0 Å². The topological polar surface area (TPSA) is 68.0 Å². The summed E-state index contributed by atoms with van der Waals surface area (Å²) in [5.41, 5.74) is 7.14. The smallest absolute Gasteiger partial charge is 0.251 e. The number of nitrogens with zero attached hydrogens (tertiary/aromatic N) is 1. The molecule has 1 amide bonds. The van der Waals surface area contributed by atoms with Crippen LogP contribution in [-0.2, 0) is 0 Å². The Balaban J connectivity index is 2.93. The first kappa shape index (κ1) is 13.5. The zero-order valence-electron chi connectivity index (χ0n) is 10.9. The second-order valence-electron chi connectivity index (χ2n) is 4.64. The molecule has 17 heavy (non-hydrogen) atoms. The summed E-state index contributed by atoms with van der Waals surface area (Å²) in [5.74, 6) is 0.564. The van der Waals surface area contributed by atoms with Crippen molar-refractivity contribution in [2.75, 3.05) is 5.73 Å². The van der Waals surface area contributed by atoms with E-state index in [0.717, 1.165) is 12.1 Å². The van der Waals surface area contributed by atoms with Crippen molar-refractivity contribution >= 4 is 11.7 Å². The third-order valence-corrected chi connectivity index (χ3v) is 2.71. The molecule has 0 saturated heterocycles. The molecule has 0 fully saturated rings. The van der Waals surface area contributed by atoms with Gasteiger partial charge in [-0.1, -0.05) is 20.8 Å². The highest BCUT2D eigenvalue weighted by Crippen LogP contribution is 2.16. The summed E-state index contributed by atoms with van der Waals surface area (Å²) in [5, 5.41) is 2.92. The lowest BCUT2D eigenvalue weighted by atomic mass is 10.1. The molecule has 3 N–H and O–H groups in total. The first-order valence-electron chi connectivity index (χ1n) is 6.02. The van der Waals surface area contributed by atoms with Gasteiger partial charge >= 0.3 is 0 Å². The van der Waals surface area contributed by atoms with Gasteiger partial charge < -0.3 is 11.1 Å². The Morgan fingerprint density at radius 2 is 2.06 bits per heavy atom. The van der Waals surface area contributed by atoms with Gasteiger partial charge in [0.15, 0.2) is 0 Å². The van der Waals surface area contributed by atoms with E-state index >= 15 is 0 Å². The molecule has 0 aliphatic carbocycles. The normalized spacial score (nSPS) is 12.5. The van der Waals surface area contributed by atoms with E-state index in [4.69, 9.17) is 5.73 Å². The Morgan fingerprint density at radius 3 is 2.59 bits per heavy atom. The fourth-order valence-corrected chi connectivity index (χ4v) is 1.41. The molecule has 0 saturated carbocycles. The lowest BCUT2D eigenvalue weighted by molar-refractivity contribution is 0.0939. The lowest BCUT2D eigenvalue weighted by Crippen LogP contribution is -2.32. The Hall–Kier alpha value is -1.58. The van der Waals surface area contributed by atoms with Gasteiger partial charge in [0.05, 0.1) is 0 Å². The zero-order valence-corrected chi connectivity index (χ0v) is 10.9. The van der Waals surface area contributed by atoms with Crippen LogP contribution in [0.2, 0.25) is 0 Å². The van der Waals surface area contributed by atoms with E-state index in [1.807, 2.05) is 27.7 Å². The number of hydrogen-bond acceptors (Lipinski definition) is 3. The molecule has 1 aromatic rings. The van der Waals surface area contributed by atoms with Crippen molar-refractivity contribution in [3.05, 3.63) is 23.4 Å². The minimum Gasteiger partial charge on any atom is -0.384 e. The third-order valence-electron chi connectivity index (χ3n) is 2.71. The summed E-state index contributed by atoms with van der Waals surface area (Å²) >= 11 is 0. The highest BCUT2D eigenvalue weighted by Gasteiger charge is 2.12. The summed E-state index contributed by atoms with van der Waals surface area (Å²) < 4.78 is 0. The first-order chi connectivity index (χ1) is 7.93. The minimum absolute atomic E-state index is 0.0876. The van der Waals surface area contributed by atoms with Gasteiger partial charge in [0.2, 0.25) is 0 Å². The van der Waals surface area contributed by atoms with Crippen molar-refractivity contribution in [2.24, 2.45) is 0 Å². The quantitative estimate of drug-likeness (QED) is 0.841. The second kappa shape index (κ2) is 5.66. The van der Waals surface area contributed by atoms with Crippen LogP contribution in [0.5, 0.6) is 0 Å². The first-order valence-corrected chi connectivity index (χ1v) is 6.02. The highest BCUT2D eigenvalue weighted by atomic mass is 16.1. The van der Waals surface area contributed by atoms with Gasteiger partial charge in [-0.25, -0.2) is 4.98 Å². The summed E-state index contributed by atoms with van der Waals surface area (Å²) in [6, 6.07) is 3.59. The number of anilines is 1. The summed E-state index contributed by atoms with van der Waals surface area (Å²) in [6.45, 7) is 8.06. The molecule has 0 aliphatic heterocycles. The largest absolute Gasteiger partial charge is 0.384 e. The van der Waals surface area contributed by atoms with E-state index < -0.39 is 0 Å². The SMILES string of the molecule is CCC(C)NC(=O)c1cc(N)nc(C(C)C)c1. The molecule has 1 heterocycles. The molecule has 0 bridgehead atoms. The maximum atomic E-state index is 11.9. The van der Waals surface area contributed by atoms with Crippen LogP contribution < -0.4 is 11.1 Å². The zero-order chi connectivity index (χ0) is 13.0. The van der Waals surface area contributed by atoms with Crippen molar-refractivity contribution in [3.63, 3.8) is 0 Å². The number of amides is 1. The summed E-state index contributed by atoms with van der Waals surface area (Å²) in [7, 11) is 0. The molecular formula is C13H21N3O. The number of nitrogens with one attached hydrogen (secondary N) is 1. The summed E-state index contributed by atoms with van der Waals surface area (Å²) in [4.78, 5) is 16.2. The van der Waals surface area contributed by atoms with Gasteiger partial charge in [0, 0.05) is 17.3 Å². The molecule has 0 spiro atoms. The van der Waals surface area contributed by atoms with Crippen molar-refractivity contribution < 1.29 is 4.79 Å². The molecule has 1 unspecified atom stereocenters. The van der Waals surface area contributed by atoms with Crippen LogP contribution in [0.4, 0.5) is 5.82 Å². The van der Waals surface area contributed by atoms with E-state index in [1.54, 1.807) is 12.1 Å². The van der Waals surface area contributed by atoms with Crippen molar-refractivity contribution in [2.45, 2.75) is 46.1 Å². The molecule has 0 radical (unpaired) electrons. The van der Waals surface area contributed by atoms with E-state index in [2.05, 4.69) is 10.3 Å². The molecule has 1 rings (SSSR count). The Morgan fingerprint density at radius 1 is 1.41 bits per heavy atom. The van der Waals surface area contributed by atoms with Gasteiger partial charge in [0.25, 0.3) is 5.91 Å². The van der Waals surface area contributed by atoms with Crippen molar-refractivity contribution in [3.8, 4) is 0 Å². The van der Waals surface area contributed by atoms with Crippen LogP contribution >= 0.6 is 0 Å². The van der Waals surface area contributed by atoms with E-state index in [1.165, 1.54) is 0 Å². The average molecular weight is 235 g/mol. The van der Waals surface area contributed by atoms with Crippen molar-refractivity contribution in [1.29, 1.82) is 0 Å². The number of nitrogens with two attached hydrogens (primary N) is 1. The molecule has 1 atom stereocenters. The molecule has 0 aliphatic rings. The van der Waals surface area contributed by atoms with Gasteiger partial charge in [-0.15, -0.1) is 0 Å². The average Bonchev–Trinajstić information content (AvgIpc) is 2.27. The maximum absolute atomic E-state index is 11.9. The molecule has 4 heteroatoms. The number of carbonyl (C=O) groups excluding carboxylic acids is 1. The van der Waals surface area contributed by atoms with Crippen LogP contribution in [0.25, 0.3) is 0 Å². The Bertz CT molecular complexity index is 402. The Labute approximate surface area is 103 Å². The standard InChI is InChI=1S/C13H21N3O/c1-5-9(4)15-13(17)10-6-11(8(2)3)16-12(14)7-10/h6-9H,5H2,1-4H3,(H2,14,16)(H,15,17). The fraction of sp³-hybridized carbons (Fsp3) is 0.538. The fourth-order valence-electron chi connectivity index (χ4n) is 1.41. The Kier molecular flexibility index (Phi) is 4.49. The number of nitrogen functional groups attached to an aromatic ring is 1. The minimum atomic E-state index is -0.0876. The number of pyridine rings is 1. The highest BCUT2D eigenvalue weighted by molar-refractivity contribution is 5.95. The molecule has 1 aromatic heterocycles. The van der Waals surface area contributed by atoms with Gasteiger partial charge in [-0.3, -0.25) is 4.79 Å². The third kappa shape index (κ3) is 3.73. The van der Waals surface area contributed by atoms with Crippen molar-refractivity contribution in [1.82, 2.24) is 10.3 Å². The van der Waals surface area contributed by atoms with Gasteiger partial charge in [-0.2, -0.15) is 0 Å². The van der Waals surface area contributed by atoms with E-state index in [9.17, 15) is 4.79 Å². The molecule has 94 valence electrons. The number of aromatic nitrogens is 1. The summed E-state index contributed by atoms with van der Waals surface area (Å²) in [6.07, 6.45) is 0.906. The lowest BCUT2D eigenvalue weighted by Gasteiger charge is -2.13. The van der Waals surface area contributed by atoms with E-state index in [-0.39, 0.29) is 17.9 Å². The predicted molar refractivity (Wildman–Crippen MR) is 70.0 cm³/mol. The monoisotopic (exact) mass is 235 g/mol. The number of carbonyl (C=O) groups is 1.